The van der Waals surface area contributed by atoms with Crippen molar-refractivity contribution in [1.29, 1.82) is 5.26 Å². The van der Waals surface area contributed by atoms with Crippen LogP contribution in [-0.2, 0) is 21.7 Å². The van der Waals surface area contributed by atoms with Crippen LogP contribution in [0, 0.1) is 11.3 Å². The topological polar surface area (TPSA) is 84.4 Å². The van der Waals surface area contributed by atoms with E-state index in [1.165, 1.54) is 0 Å². The van der Waals surface area contributed by atoms with Gasteiger partial charge in [-0.3, -0.25) is 9.69 Å². The molecule has 5 heterocycles. The van der Waals surface area contributed by atoms with Gasteiger partial charge in [0.1, 0.15) is 12.3 Å². The first-order chi connectivity index (χ1) is 19.0. The Morgan fingerprint density at radius 3 is 2.59 bits per heavy atom. The molecule has 4 atom stereocenters. The number of hydrogen-bond donors (Lipinski definition) is 1. The van der Waals surface area contributed by atoms with Crippen LogP contribution in [0.15, 0.2) is 48.5 Å². The molecule has 5 aromatic rings. The summed E-state index contributed by atoms with van der Waals surface area (Å²) in [7, 11) is 3.84. The van der Waals surface area contributed by atoms with Crippen molar-refractivity contribution in [2.45, 2.75) is 50.4 Å². The highest BCUT2D eigenvalue weighted by Gasteiger charge is 2.54. The summed E-state index contributed by atoms with van der Waals surface area (Å²) in [5.41, 5.74) is 5.24. The first kappa shape index (κ1) is 23.0. The second kappa shape index (κ2) is 7.82. The minimum Gasteiger partial charge on any atom is -0.375 e. The van der Waals surface area contributed by atoms with Crippen LogP contribution in [0.2, 0.25) is 0 Å². The maximum atomic E-state index is 13.4. The number of carbonyl (C=O) groups excluding carboxylic acids is 1. The van der Waals surface area contributed by atoms with Gasteiger partial charge in [0.2, 0.25) is 0 Å². The van der Waals surface area contributed by atoms with Crippen molar-refractivity contribution >= 4 is 49.5 Å². The quantitative estimate of drug-likeness (QED) is 0.362. The minimum atomic E-state index is -0.845. The molecular weight excluding hydrogens is 490 g/mol. The zero-order valence-corrected chi connectivity index (χ0v) is 22.2. The van der Waals surface area contributed by atoms with Crippen molar-refractivity contribution in [3.8, 4) is 6.07 Å². The Kier molecular flexibility index (Phi) is 4.62. The fraction of sp³-hybridized carbons (Fsp3) is 0.355. The number of carbonyl (C=O) groups is 1. The van der Waals surface area contributed by atoms with Gasteiger partial charge in [0.25, 0.3) is 5.91 Å². The van der Waals surface area contributed by atoms with Crippen LogP contribution in [0.1, 0.15) is 41.9 Å². The number of nitriles is 1. The molecule has 2 bridgehead atoms. The predicted molar refractivity (Wildman–Crippen MR) is 149 cm³/mol. The van der Waals surface area contributed by atoms with E-state index >= 15 is 0 Å². The summed E-state index contributed by atoms with van der Waals surface area (Å²) in [5, 5.41) is 16.7. The number of benzene rings is 3. The van der Waals surface area contributed by atoms with E-state index < -0.39 is 5.72 Å². The van der Waals surface area contributed by atoms with Gasteiger partial charge in [-0.25, -0.2) is 0 Å². The van der Waals surface area contributed by atoms with Crippen molar-refractivity contribution in [1.82, 2.24) is 19.4 Å². The highest BCUT2D eigenvalue weighted by atomic mass is 16.6. The maximum Gasteiger partial charge on any atom is 0.252 e. The van der Waals surface area contributed by atoms with E-state index in [0.717, 1.165) is 54.7 Å². The van der Waals surface area contributed by atoms with Crippen molar-refractivity contribution in [3.05, 3.63) is 59.7 Å². The van der Waals surface area contributed by atoms with Crippen molar-refractivity contribution in [2.75, 3.05) is 20.7 Å². The molecule has 2 aromatic heterocycles. The Morgan fingerprint density at radius 2 is 1.85 bits per heavy atom. The predicted octanol–water partition coefficient (Wildman–Crippen LogP) is 4.98. The SMILES string of the molecule is CO[C@@H]1[C@H](N(C)CCC#N)C[C@H]2O[C@]1(C)n1c3ccccc3c3c4c(c5c6ccccc6n2c5c31)C(=O)NC4. The molecule has 0 aliphatic carbocycles. The van der Waals surface area contributed by atoms with E-state index in [1.54, 1.807) is 7.11 Å². The first-order valence-corrected chi connectivity index (χ1v) is 13.6. The number of methoxy groups -OCH3 is 1. The number of amides is 1. The molecule has 1 saturated heterocycles. The molecule has 8 heteroatoms. The zero-order chi connectivity index (χ0) is 26.6. The second-order valence-corrected chi connectivity index (χ2v) is 11.2. The van der Waals surface area contributed by atoms with Gasteiger partial charge >= 0.3 is 0 Å². The van der Waals surface area contributed by atoms with Crippen LogP contribution in [0.5, 0.6) is 0 Å². The fourth-order valence-corrected chi connectivity index (χ4v) is 7.83. The smallest absolute Gasteiger partial charge is 0.252 e. The summed E-state index contributed by atoms with van der Waals surface area (Å²) in [6.45, 7) is 3.29. The molecule has 1 N–H and O–H groups in total. The number of ether oxygens (including phenoxy) is 2. The van der Waals surface area contributed by atoms with Crippen LogP contribution < -0.4 is 5.32 Å². The fourth-order valence-electron chi connectivity index (χ4n) is 7.83. The largest absolute Gasteiger partial charge is 0.375 e. The lowest BCUT2D eigenvalue weighted by Crippen LogP contribution is -2.60. The molecule has 196 valence electrons. The van der Waals surface area contributed by atoms with E-state index in [4.69, 9.17) is 9.47 Å². The van der Waals surface area contributed by atoms with Gasteiger partial charge in [-0.05, 0) is 31.7 Å². The lowest BCUT2D eigenvalue weighted by Gasteiger charge is -2.50. The average molecular weight is 520 g/mol. The number of nitrogens with one attached hydrogen (secondary N) is 1. The van der Waals surface area contributed by atoms with Crippen LogP contribution >= 0.6 is 0 Å². The van der Waals surface area contributed by atoms with E-state index in [1.807, 2.05) is 6.07 Å². The number of nitrogens with zero attached hydrogens (tertiary/aromatic N) is 4. The molecule has 3 aliphatic heterocycles. The molecular formula is C31H29N5O3. The van der Waals surface area contributed by atoms with Gasteiger partial charge in [-0.2, -0.15) is 5.26 Å². The molecule has 3 aliphatic rings. The average Bonchev–Trinajstić information content (AvgIpc) is 3.59. The molecule has 8 rings (SSSR count). The van der Waals surface area contributed by atoms with E-state index in [2.05, 4.69) is 81.9 Å². The number of hydrogen-bond acceptors (Lipinski definition) is 5. The third-order valence-electron chi connectivity index (χ3n) is 9.34. The van der Waals surface area contributed by atoms with Gasteiger partial charge in [0, 0.05) is 60.6 Å². The Balaban J connectivity index is 1.60. The molecule has 0 spiro atoms. The van der Waals surface area contributed by atoms with E-state index in [0.29, 0.717) is 25.9 Å². The molecule has 0 unspecified atom stereocenters. The van der Waals surface area contributed by atoms with E-state index in [9.17, 15) is 10.1 Å². The normalized spacial score (nSPS) is 25.6. The highest BCUT2D eigenvalue weighted by Crippen LogP contribution is 2.54. The molecule has 8 nitrogen and oxygen atoms in total. The summed E-state index contributed by atoms with van der Waals surface area (Å²) >= 11 is 0. The molecule has 39 heavy (non-hydrogen) atoms. The number of likely N-dealkylation sites (N-methyl/N-ethyl adjacent to an activating group) is 1. The lowest BCUT2D eigenvalue weighted by atomic mass is 9.91. The number of aromatic nitrogens is 2. The van der Waals surface area contributed by atoms with Crippen molar-refractivity contribution < 1.29 is 14.3 Å². The number of rotatable bonds is 4. The Bertz CT molecular complexity index is 1910. The summed E-state index contributed by atoms with van der Waals surface area (Å²) in [4.78, 5) is 15.7. The molecule has 1 amide bonds. The Hall–Kier alpha value is -3.90. The number of fused-ring (bicyclic) bond motifs is 13. The molecule has 0 saturated carbocycles. The van der Waals surface area contributed by atoms with Gasteiger partial charge in [0.15, 0.2) is 5.72 Å². The third-order valence-corrected chi connectivity index (χ3v) is 9.34. The second-order valence-electron chi connectivity index (χ2n) is 11.2. The summed E-state index contributed by atoms with van der Waals surface area (Å²) in [5.74, 6) is -0.0186. The molecule has 0 radical (unpaired) electrons. The Morgan fingerprint density at radius 1 is 1.13 bits per heavy atom. The highest BCUT2D eigenvalue weighted by molar-refractivity contribution is 6.31. The maximum absolute atomic E-state index is 13.4. The standard InChI is InChI=1S/C31H29N5O3/c1-31-29(38-3)22(34(2)14-8-13-32)15-23(39-31)35-20-11-6-4-9-17(20)25-26-19(16-33-30(26)37)24-18-10-5-7-12-21(18)36(31)28(24)27(25)35/h4-7,9-12,22-23,29H,8,14-16H2,1-3H3,(H,33,37)/t22-,23-,29-,31+/m1/s1. The molecule has 3 aromatic carbocycles. The summed E-state index contributed by atoms with van der Waals surface area (Å²) in [6, 6.07) is 19.1. The molecule has 1 fully saturated rings. The van der Waals surface area contributed by atoms with E-state index in [-0.39, 0.29) is 24.3 Å². The minimum absolute atomic E-state index is 0.00369. The zero-order valence-electron chi connectivity index (χ0n) is 22.2. The van der Waals surface area contributed by atoms with Gasteiger partial charge in [-0.1, -0.05) is 36.4 Å². The van der Waals surface area contributed by atoms with Crippen LogP contribution in [0.25, 0.3) is 43.6 Å². The monoisotopic (exact) mass is 519 g/mol. The van der Waals surface area contributed by atoms with Crippen LogP contribution in [-0.4, -0.2) is 52.8 Å². The number of para-hydroxylation sites is 2. The third kappa shape index (κ3) is 2.70. The lowest BCUT2D eigenvalue weighted by molar-refractivity contribution is -0.267. The Labute approximate surface area is 225 Å². The van der Waals surface area contributed by atoms with Gasteiger partial charge < -0.3 is 23.9 Å². The van der Waals surface area contributed by atoms with Gasteiger partial charge in [0.05, 0.1) is 33.7 Å². The van der Waals surface area contributed by atoms with Crippen molar-refractivity contribution in [3.63, 3.8) is 0 Å². The van der Waals surface area contributed by atoms with Crippen LogP contribution in [0.3, 0.4) is 0 Å². The summed E-state index contributed by atoms with van der Waals surface area (Å²) < 4.78 is 18.2. The van der Waals surface area contributed by atoms with Gasteiger partial charge in [-0.15, -0.1) is 0 Å². The van der Waals surface area contributed by atoms with Crippen LogP contribution in [0.4, 0.5) is 0 Å². The summed E-state index contributed by atoms with van der Waals surface area (Å²) in [6.07, 6.45) is 0.552. The van der Waals surface area contributed by atoms with Crippen molar-refractivity contribution in [2.24, 2.45) is 0 Å². The first-order valence-electron chi connectivity index (χ1n) is 13.6.